The van der Waals surface area contributed by atoms with E-state index in [1.165, 1.54) is 5.56 Å². The number of aromatic nitrogens is 1. The number of nitrogen functional groups attached to an aromatic ring is 1. The van der Waals surface area contributed by atoms with Gasteiger partial charge in [-0.05, 0) is 29.2 Å². The molecule has 0 fully saturated rings. The van der Waals surface area contributed by atoms with E-state index in [0.717, 1.165) is 5.75 Å². The summed E-state index contributed by atoms with van der Waals surface area (Å²) in [6, 6.07) is 13.1. The Morgan fingerprint density at radius 2 is 1.85 bits per heavy atom. The van der Waals surface area contributed by atoms with Crippen molar-refractivity contribution in [3.05, 3.63) is 53.7 Å². The Bertz CT molecular complexity index is 630. The predicted molar refractivity (Wildman–Crippen MR) is 80.5 cm³/mol. The SMILES string of the molecule is CC(C)(C)c1cccc(Oc2cccc(C(=N)N)n2)c1. The summed E-state index contributed by atoms with van der Waals surface area (Å²) in [4.78, 5) is 4.19. The first-order chi connectivity index (χ1) is 9.36. The minimum absolute atomic E-state index is 0.0635. The van der Waals surface area contributed by atoms with E-state index in [9.17, 15) is 0 Å². The van der Waals surface area contributed by atoms with Crippen molar-refractivity contribution in [3.8, 4) is 11.6 Å². The van der Waals surface area contributed by atoms with E-state index in [0.29, 0.717) is 11.6 Å². The Kier molecular flexibility index (Phi) is 3.74. The second-order valence-corrected chi connectivity index (χ2v) is 5.65. The van der Waals surface area contributed by atoms with E-state index < -0.39 is 0 Å². The molecule has 0 radical (unpaired) electrons. The standard InChI is InChI=1S/C16H19N3O/c1-16(2,3)11-6-4-7-12(10-11)20-14-9-5-8-13(19-14)15(17)18/h4-10H,1-3H3,(H3,17,18). The maximum absolute atomic E-state index is 7.39. The van der Waals surface area contributed by atoms with E-state index in [2.05, 4.69) is 31.8 Å². The average molecular weight is 269 g/mol. The van der Waals surface area contributed by atoms with Crippen LogP contribution in [0.2, 0.25) is 0 Å². The number of nitrogens with two attached hydrogens (primary N) is 1. The van der Waals surface area contributed by atoms with Crippen LogP contribution >= 0.6 is 0 Å². The molecule has 4 nitrogen and oxygen atoms in total. The van der Waals surface area contributed by atoms with Crippen LogP contribution in [0, 0.1) is 5.41 Å². The van der Waals surface area contributed by atoms with Gasteiger partial charge in [0.05, 0.1) is 0 Å². The highest BCUT2D eigenvalue weighted by atomic mass is 16.5. The smallest absolute Gasteiger partial charge is 0.219 e. The zero-order chi connectivity index (χ0) is 14.8. The summed E-state index contributed by atoms with van der Waals surface area (Å²) in [7, 11) is 0. The van der Waals surface area contributed by atoms with Crippen molar-refractivity contribution in [1.29, 1.82) is 5.41 Å². The molecular weight excluding hydrogens is 250 g/mol. The van der Waals surface area contributed by atoms with Gasteiger partial charge in [-0.3, -0.25) is 5.41 Å². The van der Waals surface area contributed by atoms with Crippen LogP contribution in [0.25, 0.3) is 0 Å². The molecule has 2 aromatic rings. The normalized spacial score (nSPS) is 11.2. The Labute approximate surface area is 119 Å². The summed E-state index contributed by atoms with van der Waals surface area (Å²) < 4.78 is 5.74. The third-order valence-electron chi connectivity index (χ3n) is 2.92. The molecule has 0 aliphatic heterocycles. The van der Waals surface area contributed by atoms with E-state index in [1.807, 2.05) is 18.2 Å². The fourth-order valence-electron chi connectivity index (χ4n) is 1.77. The molecule has 20 heavy (non-hydrogen) atoms. The molecule has 104 valence electrons. The summed E-state index contributed by atoms with van der Waals surface area (Å²) in [5.74, 6) is 1.09. The number of nitrogens with zero attached hydrogens (tertiary/aromatic N) is 1. The van der Waals surface area contributed by atoms with Crippen LogP contribution in [0.3, 0.4) is 0 Å². The quantitative estimate of drug-likeness (QED) is 0.662. The number of pyridine rings is 1. The second-order valence-electron chi connectivity index (χ2n) is 5.65. The maximum atomic E-state index is 7.39. The van der Waals surface area contributed by atoms with Gasteiger partial charge in [-0.1, -0.05) is 39.0 Å². The van der Waals surface area contributed by atoms with E-state index in [1.54, 1.807) is 18.2 Å². The van der Waals surface area contributed by atoms with Crippen LogP contribution in [0.5, 0.6) is 11.6 Å². The molecule has 0 aliphatic rings. The van der Waals surface area contributed by atoms with Gasteiger partial charge >= 0.3 is 0 Å². The van der Waals surface area contributed by atoms with Crippen molar-refractivity contribution >= 4 is 5.84 Å². The lowest BCUT2D eigenvalue weighted by atomic mass is 9.87. The average Bonchev–Trinajstić information content (AvgIpc) is 2.38. The Morgan fingerprint density at radius 3 is 2.50 bits per heavy atom. The van der Waals surface area contributed by atoms with Crippen LogP contribution in [-0.4, -0.2) is 10.8 Å². The van der Waals surface area contributed by atoms with Gasteiger partial charge in [0, 0.05) is 6.07 Å². The third kappa shape index (κ3) is 3.35. The van der Waals surface area contributed by atoms with Gasteiger partial charge in [-0.2, -0.15) is 0 Å². The molecule has 1 aromatic carbocycles. The largest absolute Gasteiger partial charge is 0.439 e. The van der Waals surface area contributed by atoms with Crippen molar-refractivity contribution < 1.29 is 4.74 Å². The van der Waals surface area contributed by atoms with Gasteiger partial charge in [0.25, 0.3) is 0 Å². The molecule has 0 unspecified atom stereocenters. The molecule has 1 heterocycles. The molecule has 4 heteroatoms. The zero-order valence-electron chi connectivity index (χ0n) is 12.0. The van der Waals surface area contributed by atoms with Crippen LogP contribution in [0.15, 0.2) is 42.5 Å². The zero-order valence-corrected chi connectivity index (χ0v) is 12.0. The van der Waals surface area contributed by atoms with Crippen molar-refractivity contribution in [2.45, 2.75) is 26.2 Å². The minimum Gasteiger partial charge on any atom is -0.439 e. The van der Waals surface area contributed by atoms with Gasteiger partial charge < -0.3 is 10.5 Å². The number of hydrogen-bond acceptors (Lipinski definition) is 3. The highest BCUT2D eigenvalue weighted by molar-refractivity contribution is 5.93. The minimum atomic E-state index is -0.0705. The lowest BCUT2D eigenvalue weighted by molar-refractivity contribution is 0.459. The first-order valence-corrected chi connectivity index (χ1v) is 6.46. The van der Waals surface area contributed by atoms with Gasteiger partial charge in [-0.25, -0.2) is 4.98 Å². The number of ether oxygens (including phenoxy) is 1. The van der Waals surface area contributed by atoms with Crippen molar-refractivity contribution in [3.63, 3.8) is 0 Å². The summed E-state index contributed by atoms with van der Waals surface area (Å²) in [5, 5.41) is 7.39. The molecule has 0 atom stereocenters. The summed E-state index contributed by atoms with van der Waals surface area (Å²) in [5.41, 5.74) is 7.09. The topological polar surface area (TPSA) is 72.0 Å². The van der Waals surface area contributed by atoms with Crippen LogP contribution < -0.4 is 10.5 Å². The monoisotopic (exact) mass is 269 g/mol. The molecule has 0 saturated heterocycles. The number of rotatable bonds is 3. The molecule has 1 aromatic heterocycles. The highest BCUT2D eigenvalue weighted by Gasteiger charge is 2.14. The second kappa shape index (κ2) is 5.33. The predicted octanol–water partition coefficient (Wildman–Crippen LogP) is 3.46. The number of hydrogen-bond donors (Lipinski definition) is 2. The van der Waals surface area contributed by atoms with Crippen LogP contribution in [0.4, 0.5) is 0 Å². The summed E-state index contributed by atoms with van der Waals surface area (Å²) >= 11 is 0. The van der Waals surface area contributed by atoms with Crippen molar-refractivity contribution in [1.82, 2.24) is 4.98 Å². The lowest BCUT2D eigenvalue weighted by Gasteiger charge is -2.19. The molecule has 0 spiro atoms. The number of benzene rings is 1. The van der Waals surface area contributed by atoms with E-state index in [4.69, 9.17) is 15.9 Å². The number of amidine groups is 1. The van der Waals surface area contributed by atoms with E-state index in [-0.39, 0.29) is 11.3 Å². The van der Waals surface area contributed by atoms with Gasteiger partial charge in [0.15, 0.2) is 0 Å². The molecule has 0 amide bonds. The Morgan fingerprint density at radius 1 is 1.15 bits per heavy atom. The van der Waals surface area contributed by atoms with Crippen molar-refractivity contribution in [2.75, 3.05) is 0 Å². The molecule has 0 bridgehead atoms. The lowest BCUT2D eigenvalue weighted by Crippen LogP contribution is -2.13. The first kappa shape index (κ1) is 14.1. The highest BCUT2D eigenvalue weighted by Crippen LogP contribution is 2.27. The number of nitrogens with one attached hydrogen (secondary N) is 1. The van der Waals surface area contributed by atoms with Gasteiger partial charge in [0.1, 0.15) is 17.3 Å². The summed E-state index contributed by atoms with van der Waals surface area (Å²) in [6.45, 7) is 6.46. The first-order valence-electron chi connectivity index (χ1n) is 6.46. The van der Waals surface area contributed by atoms with Crippen LogP contribution in [-0.2, 0) is 5.41 Å². The van der Waals surface area contributed by atoms with Crippen LogP contribution in [0.1, 0.15) is 32.0 Å². The van der Waals surface area contributed by atoms with Gasteiger partial charge in [-0.15, -0.1) is 0 Å². The molecule has 3 N–H and O–H groups in total. The van der Waals surface area contributed by atoms with Gasteiger partial charge in [0.2, 0.25) is 5.88 Å². The van der Waals surface area contributed by atoms with E-state index >= 15 is 0 Å². The molecule has 0 aliphatic carbocycles. The molecule has 0 saturated carbocycles. The Hall–Kier alpha value is -2.36. The Balaban J connectivity index is 2.26. The van der Waals surface area contributed by atoms with Crippen molar-refractivity contribution in [2.24, 2.45) is 5.73 Å². The fourth-order valence-corrected chi connectivity index (χ4v) is 1.77. The maximum Gasteiger partial charge on any atom is 0.219 e. The third-order valence-corrected chi connectivity index (χ3v) is 2.92. The molecule has 2 rings (SSSR count). The fraction of sp³-hybridized carbons (Fsp3) is 0.250. The summed E-state index contributed by atoms with van der Waals surface area (Å²) in [6.07, 6.45) is 0. The molecular formula is C16H19N3O.